The normalized spacial score (nSPS) is 10.7. The SMILES string of the molecule is CC(C)=CCOc1ccc(-c2cc(C)c(-c3ccc(O)c(F)c3)cc2C)cc1F. The first-order chi connectivity index (χ1) is 13.8. The van der Waals surface area contributed by atoms with E-state index in [2.05, 4.69) is 0 Å². The summed E-state index contributed by atoms with van der Waals surface area (Å²) in [5.74, 6) is -1.22. The number of allylic oxidation sites excluding steroid dienone is 1. The molecule has 3 rings (SSSR count). The Hall–Kier alpha value is -3.14. The Morgan fingerprint density at radius 3 is 1.93 bits per heavy atom. The number of benzene rings is 3. The van der Waals surface area contributed by atoms with Crippen molar-refractivity contribution in [2.75, 3.05) is 6.61 Å². The first-order valence-corrected chi connectivity index (χ1v) is 9.42. The summed E-state index contributed by atoms with van der Waals surface area (Å²) >= 11 is 0. The van der Waals surface area contributed by atoms with Crippen LogP contribution < -0.4 is 4.74 Å². The summed E-state index contributed by atoms with van der Waals surface area (Å²) in [5.41, 5.74) is 6.19. The Morgan fingerprint density at radius 2 is 1.41 bits per heavy atom. The van der Waals surface area contributed by atoms with Gasteiger partial charge >= 0.3 is 0 Å². The Kier molecular flexibility index (Phi) is 6.02. The molecule has 0 radical (unpaired) electrons. The summed E-state index contributed by atoms with van der Waals surface area (Å²) in [6.45, 7) is 8.12. The van der Waals surface area contributed by atoms with E-state index < -0.39 is 11.6 Å². The van der Waals surface area contributed by atoms with Crippen molar-refractivity contribution in [1.29, 1.82) is 0 Å². The number of hydrogen-bond acceptors (Lipinski definition) is 2. The van der Waals surface area contributed by atoms with Crippen LogP contribution in [0.25, 0.3) is 22.3 Å². The van der Waals surface area contributed by atoms with Crippen molar-refractivity contribution < 1.29 is 18.6 Å². The number of phenols is 1. The van der Waals surface area contributed by atoms with Crippen LogP contribution >= 0.6 is 0 Å². The minimum atomic E-state index is -0.658. The van der Waals surface area contributed by atoms with E-state index in [0.717, 1.165) is 33.4 Å². The van der Waals surface area contributed by atoms with Crippen molar-refractivity contribution >= 4 is 0 Å². The number of hydrogen-bond donors (Lipinski definition) is 1. The number of halogens is 2. The molecule has 0 fully saturated rings. The van der Waals surface area contributed by atoms with Gasteiger partial charge < -0.3 is 9.84 Å². The van der Waals surface area contributed by atoms with E-state index in [1.165, 1.54) is 18.2 Å². The molecule has 1 N–H and O–H groups in total. The van der Waals surface area contributed by atoms with Gasteiger partial charge in [-0.1, -0.05) is 29.8 Å². The highest BCUT2D eigenvalue weighted by atomic mass is 19.1. The van der Waals surface area contributed by atoms with Gasteiger partial charge in [0, 0.05) is 0 Å². The van der Waals surface area contributed by atoms with E-state index in [1.807, 2.05) is 52.0 Å². The van der Waals surface area contributed by atoms with Crippen LogP contribution in [0.5, 0.6) is 11.5 Å². The second-order valence-electron chi connectivity index (χ2n) is 7.39. The predicted molar refractivity (Wildman–Crippen MR) is 113 cm³/mol. The summed E-state index contributed by atoms with van der Waals surface area (Å²) in [7, 11) is 0. The highest BCUT2D eigenvalue weighted by Gasteiger charge is 2.12. The van der Waals surface area contributed by atoms with Gasteiger partial charge in [-0.2, -0.15) is 0 Å². The monoisotopic (exact) mass is 394 g/mol. The molecule has 0 unspecified atom stereocenters. The van der Waals surface area contributed by atoms with Gasteiger partial charge in [-0.3, -0.25) is 0 Å². The van der Waals surface area contributed by atoms with Crippen LogP contribution in [-0.4, -0.2) is 11.7 Å². The molecule has 0 aromatic heterocycles. The van der Waals surface area contributed by atoms with Crippen LogP contribution in [0.2, 0.25) is 0 Å². The predicted octanol–water partition coefficient (Wildman–Crippen LogP) is 6.97. The molecule has 3 aromatic rings. The first-order valence-electron chi connectivity index (χ1n) is 9.42. The van der Waals surface area contributed by atoms with Crippen LogP contribution in [-0.2, 0) is 0 Å². The molecule has 0 atom stereocenters. The summed E-state index contributed by atoms with van der Waals surface area (Å²) in [6.07, 6.45) is 1.89. The molecule has 0 amide bonds. The number of rotatable bonds is 5. The lowest BCUT2D eigenvalue weighted by Gasteiger charge is -2.14. The Bertz CT molecular complexity index is 1080. The van der Waals surface area contributed by atoms with E-state index >= 15 is 0 Å². The third-order valence-electron chi connectivity index (χ3n) is 4.80. The molecule has 0 aliphatic carbocycles. The summed E-state index contributed by atoms with van der Waals surface area (Å²) in [5, 5.41) is 9.41. The van der Waals surface area contributed by atoms with Gasteiger partial charge in [-0.05, 0) is 91.4 Å². The fourth-order valence-corrected chi connectivity index (χ4v) is 3.20. The van der Waals surface area contributed by atoms with Crippen LogP contribution in [0, 0.1) is 25.5 Å². The quantitative estimate of drug-likeness (QED) is 0.474. The topological polar surface area (TPSA) is 29.5 Å². The summed E-state index contributed by atoms with van der Waals surface area (Å²) in [6, 6.07) is 13.2. The highest BCUT2D eigenvalue weighted by molar-refractivity contribution is 5.77. The van der Waals surface area contributed by atoms with E-state index in [9.17, 15) is 13.9 Å². The molecule has 150 valence electrons. The zero-order chi connectivity index (χ0) is 21.1. The molecule has 0 saturated heterocycles. The Balaban J connectivity index is 1.93. The fraction of sp³-hybridized carbons (Fsp3) is 0.200. The maximum atomic E-state index is 14.5. The van der Waals surface area contributed by atoms with Crippen molar-refractivity contribution in [2.45, 2.75) is 27.7 Å². The average Bonchev–Trinajstić information content (AvgIpc) is 2.66. The van der Waals surface area contributed by atoms with Crippen LogP contribution in [0.15, 0.2) is 60.2 Å². The van der Waals surface area contributed by atoms with Gasteiger partial charge in [-0.15, -0.1) is 0 Å². The van der Waals surface area contributed by atoms with E-state index in [-0.39, 0.29) is 11.5 Å². The number of aryl methyl sites for hydroxylation is 2. The lowest BCUT2D eigenvalue weighted by atomic mass is 9.92. The molecular weight excluding hydrogens is 370 g/mol. The minimum absolute atomic E-state index is 0.219. The van der Waals surface area contributed by atoms with E-state index in [1.54, 1.807) is 12.1 Å². The molecule has 0 bridgehead atoms. The summed E-state index contributed by atoms with van der Waals surface area (Å²) < 4.78 is 33.7. The first kappa shape index (κ1) is 20.6. The molecule has 4 heteroatoms. The Morgan fingerprint density at radius 1 is 0.862 bits per heavy atom. The molecule has 0 spiro atoms. The van der Waals surface area contributed by atoms with Crippen molar-refractivity contribution in [3.63, 3.8) is 0 Å². The minimum Gasteiger partial charge on any atom is -0.505 e. The number of ether oxygens (including phenoxy) is 1. The van der Waals surface area contributed by atoms with Crippen molar-refractivity contribution in [1.82, 2.24) is 0 Å². The second kappa shape index (κ2) is 8.48. The van der Waals surface area contributed by atoms with Crippen LogP contribution in [0.3, 0.4) is 0 Å². The van der Waals surface area contributed by atoms with Gasteiger partial charge in [-0.25, -0.2) is 8.78 Å². The summed E-state index contributed by atoms with van der Waals surface area (Å²) in [4.78, 5) is 0. The standard InChI is InChI=1S/C25H24F2O2/c1-15(2)9-10-29-25-8-6-19(14-23(25)27)21-12-16(3)20(11-17(21)4)18-5-7-24(28)22(26)13-18/h5-9,11-14,28H,10H2,1-4H3. The van der Waals surface area contributed by atoms with Crippen molar-refractivity contribution in [2.24, 2.45) is 0 Å². The maximum absolute atomic E-state index is 14.5. The lowest BCUT2D eigenvalue weighted by molar-refractivity contribution is 0.341. The highest BCUT2D eigenvalue weighted by Crippen LogP contribution is 2.34. The lowest BCUT2D eigenvalue weighted by Crippen LogP contribution is -1.97. The Labute approximate surface area is 170 Å². The van der Waals surface area contributed by atoms with Gasteiger partial charge in [0.05, 0.1) is 0 Å². The van der Waals surface area contributed by atoms with Crippen molar-refractivity contribution in [3.8, 4) is 33.8 Å². The molecule has 2 nitrogen and oxygen atoms in total. The van der Waals surface area contributed by atoms with Crippen molar-refractivity contribution in [3.05, 3.63) is 82.9 Å². The molecule has 0 heterocycles. The average molecular weight is 394 g/mol. The van der Waals surface area contributed by atoms with E-state index in [0.29, 0.717) is 12.2 Å². The maximum Gasteiger partial charge on any atom is 0.165 e. The molecule has 0 aliphatic heterocycles. The molecule has 0 saturated carbocycles. The van der Waals surface area contributed by atoms with Gasteiger partial charge in [0.25, 0.3) is 0 Å². The molecule has 0 aliphatic rings. The molecule has 29 heavy (non-hydrogen) atoms. The fourth-order valence-electron chi connectivity index (χ4n) is 3.20. The smallest absolute Gasteiger partial charge is 0.165 e. The van der Waals surface area contributed by atoms with Gasteiger partial charge in [0.15, 0.2) is 23.1 Å². The van der Waals surface area contributed by atoms with Crippen LogP contribution in [0.4, 0.5) is 8.78 Å². The van der Waals surface area contributed by atoms with Gasteiger partial charge in [0.2, 0.25) is 0 Å². The van der Waals surface area contributed by atoms with Gasteiger partial charge in [0.1, 0.15) is 6.61 Å². The number of aromatic hydroxyl groups is 1. The largest absolute Gasteiger partial charge is 0.505 e. The van der Waals surface area contributed by atoms with E-state index in [4.69, 9.17) is 4.74 Å². The zero-order valence-corrected chi connectivity index (χ0v) is 17.0. The third kappa shape index (κ3) is 4.65. The third-order valence-corrected chi connectivity index (χ3v) is 4.80. The van der Waals surface area contributed by atoms with Crippen LogP contribution in [0.1, 0.15) is 25.0 Å². The molecule has 3 aromatic carbocycles. The second-order valence-corrected chi connectivity index (χ2v) is 7.39. The number of phenolic OH excluding ortho intramolecular Hbond substituents is 1. The zero-order valence-electron chi connectivity index (χ0n) is 17.0. The molecular formula is C25H24F2O2.